The van der Waals surface area contributed by atoms with Crippen LogP contribution in [0.3, 0.4) is 0 Å². The van der Waals surface area contributed by atoms with Gasteiger partial charge in [-0.25, -0.2) is 9.97 Å². The average Bonchev–Trinajstić information content (AvgIpc) is 2.39. The van der Waals surface area contributed by atoms with Crippen LogP contribution in [0.25, 0.3) is 0 Å². The van der Waals surface area contributed by atoms with Crippen LogP contribution in [0.5, 0.6) is 0 Å². The molecule has 6 nitrogen and oxygen atoms in total. The van der Waals surface area contributed by atoms with E-state index in [-0.39, 0.29) is 11.9 Å². The van der Waals surface area contributed by atoms with E-state index < -0.39 is 0 Å². The first-order valence-electron chi connectivity index (χ1n) is 7.09. The molecule has 1 aromatic heterocycles. The Morgan fingerprint density at radius 2 is 1.90 bits per heavy atom. The predicted octanol–water partition coefficient (Wildman–Crippen LogP) is 2.40. The van der Waals surface area contributed by atoms with Gasteiger partial charge in [-0.1, -0.05) is 13.8 Å². The van der Waals surface area contributed by atoms with Crippen molar-refractivity contribution in [1.29, 1.82) is 0 Å². The number of hydrogen-bond donors (Lipinski definition) is 2. The molecule has 1 aromatic rings. The maximum absolute atomic E-state index is 11.3. The molecule has 0 amide bonds. The molecule has 0 saturated carbocycles. The largest absolute Gasteiger partial charge is 0.466 e. The van der Waals surface area contributed by atoms with Crippen LogP contribution in [0, 0.1) is 0 Å². The lowest BCUT2D eigenvalue weighted by atomic mass is 10.2. The van der Waals surface area contributed by atoms with Crippen LogP contribution in [0.15, 0.2) is 6.07 Å². The Morgan fingerprint density at radius 3 is 2.45 bits per heavy atom. The van der Waals surface area contributed by atoms with Crippen molar-refractivity contribution in [3.63, 3.8) is 0 Å². The number of carbonyl (C=O) groups is 1. The molecule has 0 radical (unpaired) electrons. The van der Waals surface area contributed by atoms with Crippen LogP contribution >= 0.6 is 0 Å². The Balaban J connectivity index is 2.66. The van der Waals surface area contributed by atoms with Crippen molar-refractivity contribution < 1.29 is 9.53 Å². The predicted molar refractivity (Wildman–Crippen MR) is 80.0 cm³/mol. The number of esters is 1. The van der Waals surface area contributed by atoms with Crippen molar-refractivity contribution in [2.75, 3.05) is 30.3 Å². The van der Waals surface area contributed by atoms with E-state index in [4.69, 9.17) is 4.74 Å². The Hall–Kier alpha value is -1.85. The van der Waals surface area contributed by atoms with Gasteiger partial charge in [-0.2, -0.15) is 0 Å². The minimum atomic E-state index is -0.204. The number of anilines is 2. The monoisotopic (exact) mass is 280 g/mol. The van der Waals surface area contributed by atoms with Crippen LogP contribution < -0.4 is 10.6 Å². The van der Waals surface area contributed by atoms with Crippen LogP contribution in [0.1, 0.15) is 45.9 Å². The number of aromatic nitrogens is 2. The van der Waals surface area contributed by atoms with Gasteiger partial charge in [0.1, 0.15) is 17.5 Å². The average molecular weight is 280 g/mol. The number of carbonyl (C=O) groups excluding carboxylic acids is 1. The minimum Gasteiger partial charge on any atom is -0.466 e. The molecule has 1 rings (SSSR count). The molecule has 20 heavy (non-hydrogen) atoms. The highest BCUT2D eigenvalue weighted by atomic mass is 16.5. The van der Waals surface area contributed by atoms with Gasteiger partial charge in [0.05, 0.1) is 13.0 Å². The molecule has 0 bridgehead atoms. The van der Waals surface area contributed by atoms with E-state index in [2.05, 4.69) is 20.6 Å². The summed E-state index contributed by atoms with van der Waals surface area (Å²) in [5.74, 6) is 2.35. The Kier molecular flexibility index (Phi) is 6.76. The van der Waals surface area contributed by atoms with Crippen molar-refractivity contribution in [2.45, 2.75) is 40.0 Å². The van der Waals surface area contributed by atoms with Crippen molar-refractivity contribution in [3.05, 3.63) is 11.9 Å². The summed E-state index contributed by atoms with van der Waals surface area (Å²) in [4.78, 5) is 20.2. The van der Waals surface area contributed by atoms with E-state index in [0.29, 0.717) is 19.6 Å². The molecular formula is C14H24N4O2. The number of rotatable bonds is 8. The van der Waals surface area contributed by atoms with Gasteiger partial charge in [0, 0.05) is 25.1 Å². The van der Waals surface area contributed by atoms with Gasteiger partial charge in [-0.15, -0.1) is 0 Å². The van der Waals surface area contributed by atoms with E-state index in [1.807, 2.05) is 26.8 Å². The summed E-state index contributed by atoms with van der Waals surface area (Å²) in [6.45, 7) is 9.63. The van der Waals surface area contributed by atoms with Gasteiger partial charge >= 0.3 is 5.97 Å². The number of ether oxygens (including phenoxy) is 1. The third-order valence-corrected chi connectivity index (χ3v) is 2.56. The second-order valence-corrected chi connectivity index (χ2v) is 4.66. The normalized spacial score (nSPS) is 10.4. The Bertz CT molecular complexity index is 435. The highest BCUT2D eigenvalue weighted by Gasteiger charge is 2.08. The molecule has 112 valence electrons. The summed E-state index contributed by atoms with van der Waals surface area (Å²) in [5.41, 5.74) is 0. The van der Waals surface area contributed by atoms with E-state index in [0.717, 1.165) is 24.0 Å². The number of nitrogens with zero attached hydrogens (tertiary/aromatic N) is 2. The standard InChI is InChI=1S/C14H24N4O2/c1-5-15-11-9-12(18-14(17-11)10(3)4)16-8-7-13(19)20-6-2/h9-10H,5-8H2,1-4H3,(H2,15,16,17,18). The van der Waals surface area contributed by atoms with Gasteiger partial charge in [-0.05, 0) is 13.8 Å². The Labute approximate surface area is 120 Å². The summed E-state index contributed by atoms with van der Waals surface area (Å²) in [7, 11) is 0. The molecule has 1 heterocycles. The van der Waals surface area contributed by atoms with Gasteiger partial charge in [0.25, 0.3) is 0 Å². The van der Waals surface area contributed by atoms with E-state index in [9.17, 15) is 4.79 Å². The fraction of sp³-hybridized carbons (Fsp3) is 0.643. The SMILES string of the molecule is CCNc1cc(NCCC(=O)OCC)nc(C(C)C)n1. The lowest BCUT2D eigenvalue weighted by Gasteiger charge is -2.12. The van der Waals surface area contributed by atoms with Gasteiger partial charge in [-0.3, -0.25) is 4.79 Å². The maximum atomic E-state index is 11.3. The summed E-state index contributed by atoms with van der Waals surface area (Å²) in [6, 6.07) is 1.85. The Morgan fingerprint density at radius 1 is 1.25 bits per heavy atom. The second kappa shape index (κ2) is 8.35. The molecule has 0 atom stereocenters. The summed E-state index contributed by atoms with van der Waals surface area (Å²) in [6.07, 6.45) is 0.325. The van der Waals surface area contributed by atoms with Crippen molar-refractivity contribution in [1.82, 2.24) is 9.97 Å². The first-order chi connectivity index (χ1) is 9.56. The van der Waals surface area contributed by atoms with Crippen molar-refractivity contribution >= 4 is 17.6 Å². The van der Waals surface area contributed by atoms with E-state index in [1.165, 1.54) is 0 Å². The van der Waals surface area contributed by atoms with Crippen LogP contribution in [0.2, 0.25) is 0 Å². The molecule has 0 aromatic carbocycles. The quantitative estimate of drug-likeness (QED) is 0.712. The van der Waals surface area contributed by atoms with Crippen molar-refractivity contribution in [3.8, 4) is 0 Å². The van der Waals surface area contributed by atoms with Crippen molar-refractivity contribution in [2.24, 2.45) is 0 Å². The second-order valence-electron chi connectivity index (χ2n) is 4.66. The molecular weight excluding hydrogens is 256 g/mol. The zero-order valence-corrected chi connectivity index (χ0v) is 12.7. The lowest BCUT2D eigenvalue weighted by molar-refractivity contribution is -0.142. The summed E-state index contributed by atoms with van der Waals surface area (Å²) in [5, 5.41) is 6.32. The third-order valence-electron chi connectivity index (χ3n) is 2.56. The maximum Gasteiger partial charge on any atom is 0.307 e. The fourth-order valence-corrected chi connectivity index (χ4v) is 1.61. The zero-order chi connectivity index (χ0) is 15.0. The van der Waals surface area contributed by atoms with E-state index in [1.54, 1.807) is 6.92 Å². The molecule has 0 unspecified atom stereocenters. The molecule has 0 saturated heterocycles. The van der Waals surface area contributed by atoms with Crippen LogP contribution in [0.4, 0.5) is 11.6 Å². The molecule has 0 fully saturated rings. The molecule has 2 N–H and O–H groups in total. The number of hydrogen-bond acceptors (Lipinski definition) is 6. The van der Waals surface area contributed by atoms with Gasteiger partial charge in [0.15, 0.2) is 0 Å². The zero-order valence-electron chi connectivity index (χ0n) is 12.7. The van der Waals surface area contributed by atoms with Crippen LogP contribution in [-0.4, -0.2) is 35.6 Å². The summed E-state index contributed by atoms with van der Waals surface area (Å²) >= 11 is 0. The van der Waals surface area contributed by atoms with E-state index >= 15 is 0 Å². The van der Waals surface area contributed by atoms with Crippen LogP contribution in [-0.2, 0) is 9.53 Å². The topological polar surface area (TPSA) is 76.1 Å². The van der Waals surface area contributed by atoms with Gasteiger partial charge < -0.3 is 15.4 Å². The van der Waals surface area contributed by atoms with Gasteiger partial charge in [0.2, 0.25) is 0 Å². The first-order valence-corrected chi connectivity index (χ1v) is 7.09. The molecule has 0 aliphatic heterocycles. The smallest absolute Gasteiger partial charge is 0.307 e. The summed E-state index contributed by atoms with van der Waals surface area (Å²) < 4.78 is 4.88. The first kappa shape index (κ1) is 16.2. The highest BCUT2D eigenvalue weighted by Crippen LogP contribution is 2.16. The molecule has 0 aliphatic rings. The highest BCUT2D eigenvalue weighted by molar-refractivity contribution is 5.70. The fourth-order valence-electron chi connectivity index (χ4n) is 1.61. The third kappa shape index (κ3) is 5.42. The minimum absolute atomic E-state index is 0.204. The molecule has 6 heteroatoms. The number of nitrogens with one attached hydrogen (secondary N) is 2. The molecule has 0 spiro atoms. The lowest BCUT2D eigenvalue weighted by Crippen LogP contribution is -2.13. The molecule has 0 aliphatic carbocycles.